The number of hydrogen-bond acceptors (Lipinski definition) is 3. The fourth-order valence-electron chi connectivity index (χ4n) is 0.542. The van der Waals surface area contributed by atoms with Gasteiger partial charge in [0, 0.05) is 0 Å². The standard InChI is InChI=1S/C6H14O3/c1-3-4-6(8)9-5(2)7/h5-8H,3-4H2,1-2H3. The summed E-state index contributed by atoms with van der Waals surface area (Å²) in [4.78, 5) is 0. The van der Waals surface area contributed by atoms with E-state index in [0.717, 1.165) is 6.42 Å². The zero-order valence-corrected chi connectivity index (χ0v) is 5.87. The van der Waals surface area contributed by atoms with Crippen molar-refractivity contribution in [2.24, 2.45) is 0 Å². The molecule has 0 saturated carbocycles. The molecule has 0 aromatic heterocycles. The van der Waals surface area contributed by atoms with E-state index in [2.05, 4.69) is 4.74 Å². The minimum Gasteiger partial charge on any atom is -0.368 e. The third kappa shape index (κ3) is 5.76. The highest BCUT2D eigenvalue weighted by Crippen LogP contribution is 1.99. The minimum atomic E-state index is -0.869. The van der Waals surface area contributed by atoms with E-state index in [9.17, 15) is 0 Å². The quantitative estimate of drug-likeness (QED) is 0.549. The second kappa shape index (κ2) is 4.73. The van der Waals surface area contributed by atoms with Crippen LogP contribution in [0.3, 0.4) is 0 Å². The predicted octanol–water partition coefficient (Wildman–Crippen LogP) is 0.460. The van der Waals surface area contributed by atoms with E-state index in [-0.39, 0.29) is 0 Å². The van der Waals surface area contributed by atoms with Crippen molar-refractivity contribution in [3.05, 3.63) is 0 Å². The van der Waals surface area contributed by atoms with Gasteiger partial charge in [-0.2, -0.15) is 0 Å². The highest BCUT2D eigenvalue weighted by Gasteiger charge is 2.04. The summed E-state index contributed by atoms with van der Waals surface area (Å²) in [5.74, 6) is 0. The Balaban J connectivity index is 3.15. The van der Waals surface area contributed by atoms with Crippen LogP contribution < -0.4 is 0 Å². The lowest BCUT2D eigenvalue weighted by atomic mass is 10.3. The molecule has 2 unspecified atom stereocenters. The van der Waals surface area contributed by atoms with E-state index in [1.807, 2.05) is 6.92 Å². The van der Waals surface area contributed by atoms with Crippen LogP contribution in [0.25, 0.3) is 0 Å². The summed E-state index contributed by atoms with van der Waals surface area (Å²) >= 11 is 0. The topological polar surface area (TPSA) is 49.7 Å². The Morgan fingerprint density at radius 1 is 1.44 bits per heavy atom. The Labute approximate surface area is 55.3 Å². The molecule has 2 N–H and O–H groups in total. The molecule has 0 radical (unpaired) electrons. The van der Waals surface area contributed by atoms with E-state index < -0.39 is 12.6 Å². The summed E-state index contributed by atoms with van der Waals surface area (Å²) in [5, 5.41) is 17.4. The molecule has 3 heteroatoms. The maximum absolute atomic E-state index is 8.84. The number of aliphatic hydroxyl groups excluding tert-OH is 2. The maximum atomic E-state index is 8.84. The number of hydrogen-bond donors (Lipinski definition) is 2. The third-order valence-electron chi connectivity index (χ3n) is 0.890. The van der Waals surface area contributed by atoms with Gasteiger partial charge in [0.2, 0.25) is 0 Å². The molecule has 0 aromatic carbocycles. The Morgan fingerprint density at radius 3 is 2.33 bits per heavy atom. The Hall–Kier alpha value is -0.120. The van der Waals surface area contributed by atoms with Gasteiger partial charge in [-0.05, 0) is 13.3 Å². The molecule has 0 amide bonds. The van der Waals surface area contributed by atoms with Crippen LogP contribution in [0.2, 0.25) is 0 Å². The van der Waals surface area contributed by atoms with Crippen molar-refractivity contribution >= 4 is 0 Å². The van der Waals surface area contributed by atoms with Crippen molar-refractivity contribution in [1.29, 1.82) is 0 Å². The van der Waals surface area contributed by atoms with E-state index in [1.54, 1.807) is 0 Å². The molecule has 2 atom stereocenters. The summed E-state index contributed by atoms with van der Waals surface area (Å²) in [5.41, 5.74) is 0. The second-order valence-corrected chi connectivity index (χ2v) is 1.98. The molecule has 0 rings (SSSR count). The highest BCUT2D eigenvalue weighted by atomic mass is 16.7. The van der Waals surface area contributed by atoms with Gasteiger partial charge in [0.25, 0.3) is 0 Å². The van der Waals surface area contributed by atoms with Gasteiger partial charge in [-0.15, -0.1) is 0 Å². The molecule has 0 aliphatic rings. The summed E-state index contributed by atoms with van der Waals surface area (Å²) in [6.45, 7) is 3.41. The average molecular weight is 134 g/mol. The van der Waals surface area contributed by atoms with Crippen LogP contribution in [-0.4, -0.2) is 22.8 Å². The smallest absolute Gasteiger partial charge is 0.157 e. The molecule has 0 fully saturated rings. The summed E-state index contributed by atoms with van der Waals surface area (Å²) in [6.07, 6.45) is -0.250. The molecule has 0 spiro atoms. The monoisotopic (exact) mass is 134 g/mol. The van der Waals surface area contributed by atoms with Gasteiger partial charge in [-0.1, -0.05) is 13.3 Å². The number of rotatable bonds is 4. The van der Waals surface area contributed by atoms with E-state index >= 15 is 0 Å². The van der Waals surface area contributed by atoms with Crippen LogP contribution >= 0.6 is 0 Å². The van der Waals surface area contributed by atoms with Crippen LogP contribution in [0.5, 0.6) is 0 Å². The first kappa shape index (κ1) is 8.88. The molecule has 3 nitrogen and oxygen atoms in total. The zero-order chi connectivity index (χ0) is 7.28. The Morgan fingerprint density at radius 2 is 2.00 bits per heavy atom. The van der Waals surface area contributed by atoms with Gasteiger partial charge in [0.1, 0.15) is 0 Å². The van der Waals surface area contributed by atoms with Crippen LogP contribution in [0.15, 0.2) is 0 Å². The first-order chi connectivity index (χ1) is 4.16. The summed E-state index contributed by atoms with van der Waals surface area (Å²) in [7, 11) is 0. The lowest BCUT2D eigenvalue weighted by Gasteiger charge is -2.12. The third-order valence-corrected chi connectivity index (χ3v) is 0.890. The number of ether oxygens (including phenoxy) is 1. The van der Waals surface area contributed by atoms with Crippen LogP contribution in [-0.2, 0) is 4.74 Å². The van der Waals surface area contributed by atoms with Gasteiger partial charge in [-0.3, -0.25) is 0 Å². The van der Waals surface area contributed by atoms with Gasteiger partial charge in [0.05, 0.1) is 0 Å². The van der Waals surface area contributed by atoms with Crippen molar-refractivity contribution in [2.45, 2.75) is 39.3 Å². The molecule has 0 aromatic rings. The largest absolute Gasteiger partial charge is 0.368 e. The van der Waals surface area contributed by atoms with Crippen LogP contribution in [0.4, 0.5) is 0 Å². The molecule has 9 heavy (non-hydrogen) atoms. The highest BCUT2D eigenvalue weighted by molar-refractivity contribution is 4.38. The summed E-state index contributed by atoms with van der Waals surface area (Å²) in [6, 6.07) is 0. The fraction of sp³-hybridized carbons (Fsp3) is 1.00. The van der Waals surface area contributed by atoms with Crippen molar-refractivity contribution in [1.82, 2.24) is 0 Å². The van der Waals surface area contributed by atoms with E-state index in [1.165, 1.54) is 6.92 Å². The summed E-state index contributed by atoms with van der Waals surface area (Å²) < 4.78 is 4.60. The Bertz CT molecular complexity index is 63.3. The first-order valence-electron chi connectivity index (χ1n) is 3.18. The normalized spacial score (nSPS) is 17.3. The SMILES string of the molecule is CCCC(O)OC(C)O. The lowest BCUT2D eigenvalue weighted by Crippen LogP contribution is -2.18. The number of aliphatic hydroxyl groups is 2. The Kier molecular flexibility index (Phi) is 4.67. The molecule has 0 saturated heterocycles. The van der Waals surface area contributed by atoms with Crippen molar-refractivity contribution in [2.75, 3.05) is 0 Å². The van der Waals surface area contributed by atoms with Gasteiger partial charge in [-0.25, -0.2) is 0 Å². The van der Waals surface area contributed by atoms with Gasteiger partial charge >= 0.3 is 0 Å². The van der Waals surface area contributed by atoms with Crippen molar-refractivity contribution in [3.63, 3.8) is 0 Å². The predicted molar refractivity (Wildman–Crippen MR) is 33.7 cm³/mol. The van der Waals surface area contributed by atoms with E-state index in [4.69, 9.17) is 10.2 Å². The van der Waals surface area contributed by atoms with Gasteiger partial charge < -0.3 is 14.9 Å². The molecule has 0 aliphatic carbocycles. The molecular formula is C6H14O3. The van der Waals surface area contributed by atoms with Crippen molar-refractivity contribution in [3.8, 4) is 0 Å². The maximum Gasteiger partial charge on any atom is 0.157 e. The lowest BCUT2D eigenvalue weighted by molar-refractivity contribution is -0.201. The first-order valence-corrected chi connectivity index (χ1v) is 3.18. The fourth-order valence-corrected chi connectivity index (χ4v) is 0.542. The van der Waals surface area contributed by atoms with Crippen molar-refractivity contribution < 1.29 is 14.9 Å². The molecular weight excluding hydrogens is 120 g/mol. The zero-order valence-electron chi connectivity index (χ0n) is 5.87. The minimum absolute atomic E-state index is 0.574. The molecule has 0 bridgehead atoms. The second-order valence-electron chi connectivity index (χ2n) is 1.98. The molecule has 0 aliphatic heterocycles. The van der Waals surface area contributed by atoms with Crippen LogP contribution in [0, 0.1) is 0 Å². The molecule has 0 heterocycles. The van der Waals surface area contributed by atoms with E-state index in [0.29, 0.717) is 6.42 Å². The average Bonchev–Trinajstić information content (AvgIpc) is 1.63. The molecule has 56 valence electrons. The van der Waals surface area contributed by atoms with Crippen LogP contribution in [0.1, 0.15) is 26.7 Å². The van der Waals surface area contributed by atoms with Gasteiger partial charge in [0.15, 0.2) is 12.6 Å².